The van der Waals surface area contributed by atoms with Gasteiger partial charge in [-0.2, -0.15) is 0 Å². The third kappa shape index (κ3) is 4.74. The molecule has 0 bridgehead atoms. The van der Waals surface area contributed by atoms with Gasteiger partial charge >= 0.3 is 5.97 Å². The van der Waals surface area contributed by atoms with Gasteiger partial charge in [0.25, 0.3) is 0 Å². The van der Waals surface area contributed by atoms with Crippen LogP contribution in [0.25, 0.3) is 0 Å². The molecule has 0 fully saturated rings. The third-order valence-electron chi connectivity index (χ3n) is 4.11. The van der Waals surface area contributed by atoms with Gasteiger partial charge in [0.15, 0.2) is 0 Å². The first-order valence-electron chi connectivity index (χ1n) is 8.07. The quantitative estimate of drug-likeness (QED) is 0.725. The lowest BCUT2D eigenvalue weighted by molar-refractivity contribution is -0.144. The summed E-state index contributed by atoms with van der Waals surface area (Å²) in [5, 5.41) is 12.5. The van der Waals surface area contributed by atoms with E-state index in [1.165, 1.54) is 0 Å². The molecule has 2 atom stereocenters. The molecule has 0 radical (unpaired) electrons. The average Bonchev–Trinajstić information content (AvgIpc) is 2.53. The summed E-state index contributed by atoms with van der Waals surface area (Å²) < 4.78 is 0. The van der Waals surface area contributed by atoms with E-state index >= 15 is 0 Å². The smallest absolute Gasteiger partial charge is 0.315 e. The molecule has 2 N–H and O–H groups in total. The number of hydrogen-bond donors (Lipinski definition) is 2. The zero-order chi connectivity index (χ0) is 17.5. The van der Waals surface area contributed by atoms with Crippen molar-refractivity contribution in [1.82, 2.24) is 5.32 Å². The summed E-state index contributed by atoms with van der Waals surface area (Å²) in [6.45, 7) is 7.98. The summed E-state index contributed by atoms with van der Waals surface area (Å²) in [6.07, 6.45) is 0.417. The maximum atomic E-state index is 12.5. The highest BCUT2D eigenvalue weighted by atomic mass is 32.2. The topological polar surface area (TPSA) is 66.4 Å². The van der Waals surface area contributed by atoms with Gasteiger partial charge in [-0.05, 0) is 23.7 Å². The van der Waals surface area contributed by atoms with E-state index in [9.17, 15) is 14.7 Å². The second kappa shape index (κ2) is 8.96. The van der Waals surface area contributed by atoms with Crippen molar-refractivity contribution in [3.05, 3.63) is 35.9 Å². The van der Waals surface area contributed by atoms with Crippen LogP contribution in [0.2, 0.25) is 0 Å². The van der Waals surface area contributed by atoms with Crippen LogP contribution in [0.5, 0.6) is 0 Å². The highest BCUT2D eigenvalue weighted by Gasteiger charge is 2.39. The highest BCUT2D eigenvalue weighted by molar-refractivity contribution is 8.00. The van der Waals surface area contributed by atoms with Gasteiger partial charge < -0.3 is 10.4 Å². The Kier molecular flexibility index (Phi) is 7.62. The molecule has 0 saturated carbocycles. The normalized spacial score (nSPS) is 15.0. The summed E-state index contributed by atoms with van der Waals surface area (Å²) in [5.74, 6) is 0.0717. The summed E-state index contributed by atoms with van der Waals surface area (Å²) >= 11 is 1.60. The van der Waals surface area contributed by atoms with Gasteiger partial charge in [-0.3, -0.25) is 9.59 Å². The fourth-order valence-electron chi connectivity index (χ4n) is 2.63. The fraction of sp³-hybridized carbons (Fsp3) is 0.556. The van der Waals surface area contributed by atoms with Crippen molar-refractivity contribution in [3.63, 3.8) is 0 Å². The SMILES string of the molecule is CCSC(C(=O)NCC(CC)(C(=O)O)c1ccccc1)C(C)C. The van der Waals surface area contributed by atoms with Gasteiger partial charge in [0.2, 0.25) is 5.91 Å². The van der Waals surface area contributed by atoms with E-state index in [0.717, 1.165) is 11.3 Å². The Morgan fingerprint density at radius 3 is 2.26 bits per heavy atom. The van der Waals surface area contributed by atoms with Crippen molar-refractivity contribution in [2.24, 2.45) is 5.92 Å². The maximum absolute atomic E-state index is 12.5. The number of carbonyl (C=O) groups is 2. The van der Waals surface area contributed by atoms with Gasteiger partial charge in [0, 0.05) is 6.54 Å². The number of aliphatic carboxylic acids is 1. The van der Waals surface area contributed by atoms with Crippen molar-refractivity contribution >= 4 is 23.6 Å². The van der Waals surface area contributed by atoms with Crippen molar-refractivity contribution in [1.29, 1.82) is 0 Å². The number of carboxylic acids is 1. The van der Waals surface area contributed by atoms with E-state index in [4.69, 9.17) is 0 Å². The van der Waals surface area contributed by atoms with Crippen LogP contribution in [0.15, 0.2) is 30.3 Å². The Morgan fingerprint density at radius 2 is 1.83 bits per heavy atom. The largest absolute Gasteiger partial charge is 0.481 e. The van der Waals surface area contributed by atoms with Crippen molar-refractivity contribution in [2.75, 3.05) is 12.3 Å². The summed E-state index contributed by atoms with van der Waals surface area (Å²) in [7, 11) is 0. The molecule has 0 aliphatic rings. The van der Waals surface area contributed by atoms with Crippen LogP contribution < -0.4 is 5.32 Å². The second-order valence-electron chi connectivity index (χ2n) is 5.94. The first kappa shape index (κ1) is 19.6. The zero-order valence-electron chi connectivity index (χ0n) is 14.3. The van der Waals surface area contributed by atoms with Gasteiger partial charge in [-0.1, -0.05) is 58.0 Å². The monoisotopic (exact) mass is 337 g/mol. The number of carbonyl (C=O) groups excluding carboxylic acids is 1. The Labute approximate surface area is 143 Å². The Hall–Kier alpha value is -1.49. The van der Waals surface area contributed by atoms with E-state index < -0.39 is 11.4 Å². The van der Waals surface area contributed by atoms with Crippen LogP contribution in [0.3, 0.4) is 0 Å². The molecular weight excluding hydrogens is 310 g/mol. The number of hydrogen-bond acceptors (Lipinski definition) is 3. The summed E-state index contributed by atoms with van der Waals surface area (Å²) in [4.78, 5) is 24.4. The molecule has 0 aliphatic heterocycles. The van der Waals surface area contributed by atoms with Crippen LogP contribution in [-0.2, 0) is 15.0 Å². The standard InChI is InChI=1S/C18H27NO3S/c1-5-18(17(21)22,14-10-8-7-9-11-14)12-19-16(20)15(13(3)4)23-6-2/h7-11,13,15H,5-6,12H2,1-4H3,(H,19,20)(H,21,22). The molecule has 1 amide bonds. The molecule has 2 unspecified atom stereocenters. The molecule has 0 aromatic heterocycles. The molecular formula is C18H27NO3S. The van der Waals surface area contributed by atoms with Crippen LogP contribution in [0.4, 0.5) is 0 Å². The van der Waals surface area contributed by atoms with E-state index in [1.807, 2.05) is 58.0 Å². The Bertz CT molecular complexity index is 518. The molecule has 23 heavy (non-hydrogen) atoms. The van der Waals surface area contributed by atoms with Crippen LogP contribution in [0.1, 0.15) is 39.7 Å². The molecule has 0 spiro atoms. The second-order valence-corrected chi connectivity index (χ2v) is 7.36. The van der Waals surface area contributed by atoms with Crippen LogP contribution in [-0.4, -0.2) is 34.5 Å². The van der Waals surface area contributed by atoms with Gasteiger partial charge in [0.05, 0.1) is 5.25 Å². The molecule has 0 aliphatic carbocycles. The van der Waals surface area contributed by atoms with Crippen molar-refractivity contribution < 1.29 is 14.7 Å². The van der Waals surface area contributed by atoms with E-state index in [1.54, 1.807) is 11.8 Å². The predicted molar refractivity (Wildman–Crippen MR) is 95.8 cm³/mol. The number of thioether (sulfide) groups is 1. The van der Waals surface area contributed by atoms with E-state index in [2.05, 4.69) is 5.32 Å². The van der Waals surface area contributed by atoms with Gasteiger partial charge in [-0.25, -0.2) is 0 Å². The van der Waals surface area contributed by atoms with Crippen molar-refractivity contribution in [2.45, 2.75) is 44.8 Å². The Morgan fingerprint density at radius 1 is 1.22 bits per heavy atom. The highest BCUT2D eigenvalue weighted by Crippen LogP contribution is 2.28. The predicted octanol–water partition coefficient (Wildman–Crippen LogP) is 3.31. The van der Waals surface area contributed by atoms with Crippen LogP contribution >= 0.6 is 11.8 Å². The molecule has 1 rings (SSSR count). The number of nitrogens with one attached hydrogen (secondary N) is 1. The van der Waals surface area contributed by atoms with Gasteiger partial charge in [-0.15, -0.1) is 11.8 Å². The molecule has 1 aromatic carbocycles. The summed E-state index contributed by atoms with van der Waals surface area (Å²) in [6, 6.07) is 9.13. The zero-order valence-corrected chi connectivity index (χ0v) is 15.2. The van der Waals surface area contributed by atoms with Crippen LogP contribution in [0, 0.1) is 5.92 Å². The minimum atomic E-state index is -1.09. The molecule has 0 heterocycles. The number of carboxylic acid groups (broad SMARTS) is 1. The molecule has 5 heteroatoms. The third-order valence-corrected chi connectivity index (χ3v) is 5.56. The lowest BCUT2D eigenvalue weighted by Gasteiger charge is -2.30. The number of benzene rings is 1. The average molecular weight is 337 g/mol. The molecule has 4 nitrogen and oxygen atoms in total. The first-order chi connectivity index (χ1) is 10.9. The van der Waals surface area contributed by atoms with Gasteiger partial charge in [0.1, 0.15) is 5.41 Å². The van der Waals surface area contributed by atoms with E-state index in [0.29, 0.717) is 6.42 Å². The van der Waals surface area contributed by atoms with Crippen molar-refractivity contribution in [3.8, 4) is 0 Å². The summed E-state index contributed by atoms with van der Waals surface area (Å²) in [5.41, 5.74) is -0.366. The molecule has 0 saturated heterocycles. The minimum absolute atomic E-state index is 0.0816. The lowest BCUT2D eigenvalue weighted by atomic mass is 9.78. The fourth-order valence-corrected chi connectivity index (χ4v) is 3.61. The van der Waals surface area contributed by atoms with E-state index in [-0.39, 0.29) is 23.6 Å². The maximum Gasteiger partial charge on any atom is 0.315 e. The minimum Gasteiger partial charge on any atom is -0.481 e. The first-order valence-corrected chi connectivity index (χ1v) is 9.12. The molecule has 1 aromatic rings. The number of rotatable bonds is 9. The Balaban J connectivity index is 2.96. The lowest BCUT2D eigenvalue weighted by Crippen LogP contribution is -2.48. The number of amides is 1. The molecule has 128 valence electrons.